The number of pyridine rings is 1. The molecule has 1 N–H and O–H groups in total. The van der Waals surface area contributed by atoms with Crippen molar-refractivity contribution >= 4 is 17.5 Å². The highest BCUT2D eigenvalue weighted by molar-refractivity contribution is 7.08. The third kappa shape index (κ3) is 1.76. The van der Waals surface area contributed by atoms with Crippen molar-refractivity contribution in [1.82, 2.24) is 9.36 Å². The van der Waals surface area contributed by atoms with Crippen molar-refractivity contribution in [2.45, 2.75) is 0 Å². The van der Waals surface area contributed by atoms with E-state index in [-0.39, 0.29) is 4.88 Å². The average Bonchev–Trinajstić information content (AvgIpc) is 2.78. The minimum Gasteiger partial charge on any atom is -0.477 e. The second-order valence-corrected chi connectivity index (χ2v) is 3.72. The first-order valence-corrected chi connectivity index (χ1v) is 5.04. The fourth-order valence-corrected chi connectivity index (χ4v) is 1.79. The average molecular weight is 231 g/mol. The van der Waals surface area contributed by atoms with Crippen molar-refractivity contribution in [2.24, 2.45) is 0 Å². The van der Waals surface area contributed by atoms with Crippen molar-refractivity contribution in [3.8, 4) is 17.3 Å². The van der Waals surface area contributed by atoms with Gasteiger partial charge in [0.1, 0.15) is 10.9 Å². The highest BCUT2D eigenvalue weighted by Crippen LogP contribution is 2.24. The van der Waals surface area contributed by atoms with Gasteiger partial charge in [0.2, 0.25) is 0 Å². The molecule has 5 nitrogen and oxygen atoms in total. The van der Waals surface area contributed by atoms with Gasteiger partial charge < -0.3 is 5.11 Å². The Hall–Kier alpha value is -2.26. The number of nitriles is 1. The van der Waals surface area contributed by atoms with E-state index < -0.39 is 5.97 Å². The van der Waals surface area contributed by atoms with Gasteiger partial charge in [-0.05, 0) is 23.7 Å². The van der Waals surface area contributed by atoms with Crippen LogP contribution in [-0.4, -0.2) is 20.4 Å². The standard InChI is InChI=1S/C10H5N3O2S/c11-3-6-1-2-8(12-4-6)7-5-13-16-9(7)10(14)15/h1-2,4-5H,(H,14,15). The molecule has 0 bridgehead atoms. The van der Waals surface area contributed by atoms with Gasteiger partial charge in [0.05, 0.1) is 17.5 Å². The number of nitrogens with zero attached hydrogens (tertiary/aromatic N) is 3. The zero-order valence-electron chi connectivity index (χ0n) is 7.91. The van der Waals surface area contributed by atoms with Crippen molar-refractivity contribution in [2.75, 3.05) is 0 Å². The first kappa shape index (κ1) is 10.3. The van der Waals surface area contributed by atoms with Crippen LogP contribution in [0.15, 0.2) is 24.5 Å². The molecule has 2 heterocycles. The molecule has 0 spiro atoms. The summed E-state index contributed by atoms with van der Waals surface area (Å²) >= 11 is 0.908. The predicted molar refractivity (Wildman–Crippen MR) is 57.0 cm³/mol. The lowest BCUT2D eigenvalue weighted by atomic mass is 10.1. The van der Waals surface area contributed by atoms with Gasteiger partial charge in [0.25, 0.3) is 0 Å². The smallest absolute Gasteiger partial charge is 0.348 e. The minimum absolute atomic E-state index is 0.150. The second kappa shape index (κ2) is 4.08. The summed E-state index contributed by atoms with van der Waals surface area (Å²) < 4.78 is 3.82. The van der Waals surface area contributed by atoms with Crippen LogP contribution in [0.5, 0.6) is 0 Å². The van der Waals surface area contributed by atoms with Crippen molar-refractivity contribution in [3.63, 3.8) is 0 Å². The zero-order chi connectivity index (χ0) is 11.5. The number of carbonyl (C=O) groups is 1. The number of hydrogen-bond acceptors (Lipinski definition) is 5. The molecule has 0 radical (unpaired) electrons. The largest absolute Gasteiger partial charge is 0.477 e. The summed E-state index contributed by atoms with van der Waals surface area (Å²) in [4.78, 5) is 15.0. The van der Waals surface area contributed by atoms with E-state index in [1.807, 2.05) is 6.07 Å². The summed E-state index contributed by atoms with van der Waals surface area (Å²) in [5, 5.41) is 17.5. The van der Waals surface area contributed by atoms with Crippen LogP contribution in [0, 0.1) is 11.3 Å². The van der Waals surface area contributed by atoms with Gasteiger partial charge in [0, 0.05) is 11.8 Å². The molecule has 0 fully saturated rings. The molecule has 0 amide bonds. The molecular weight excluding hydrogens is 226 g/mol. The van der Waals surface area contributed by atoms with Crippen LogP contribution >= 0.6 is 11.5 Å². The van der Waals surface area contributed by atoms with E-state index in [0.29, 0.717) is 16.8 Å². The summed E-state index contributed by atoms with van der Waals surface area (Å²) in [7, 11) is 0. The molecule has 0 aliphatic heterocycles. The first-order valence-electron chi connectivity index (χ1n) is 4.27. The Kier molecular flexibility index (Phi) is 2.62. The fraction of sp³-hybridized carbons (Fsp3) is 0. The number of carboxylic acid groups (broad SMARTS) is 1. The van der Waals surface area contributed by atoms with E-state index in [9.17, 15) is 4.79 Å². The molecule has 0 saturated carbocycles. The Balaban J connectivity index is 2.47. The molecule has 0 aliphatic carbocycles. The molecule has 2 aromatic heterocycles. The van der Waals surface area contributed by atoms with Crippen LogP contribution in [0.25, 0.3) is 11.3 Å². The van der Waals surface area contributed by atoms with Gasteiger partial charge in [-0.2, -0.15) is 9.64 Å². The second-order valence-electron chi connectivity index (χ2n) is 2.92. The topological polar surface area (TPSA) is 86.9 Å². The summed E-state index contributed by atoms with van der Waals surface area (Å²) in [6.07, 6.45) is 2.86. The zero-order valence-corrected chi connectivity index (χ0v) is 8.73. The minimum atomic E-state index is -1.02. The van der Waals surface area contributed by atoms with Gasteiger partial charge in [-0.1, -0.05) is 0 Å². The number of aromatic carboxylic acids is 1. The Morgan fingerprint density at radius 2 is 2.25 bits per heavy atom. The van der Waals surface area contributed by atoms with Crippen molar-refractivity contribution < 1.29 is 9.90 Å². The SMILES string of the molecule is N#Cc1ccc(-c2cnsc2C(=O)O)nc1. The Morgan fingerprint density at radius 1 is 1.44 bits per heavy atom. The quantitative estimate of drug-likeness (QED) is 0.851. The number of carboxylic acids is 1. The van der Waals surface area contributed by atoms with Crippen LogP contribution < -0.4 is 0 Å². The highest BCUT2D eigenvalue weighted by Gasteiger charge is 2.15. The van der Waals surface area contributed by atoms with Gasteiger partial charge in [-0.3, -0.25) is 4.98 Å². The molecule has 0 aromatic carbocycles. The summed E-state index contributed by atoms with van der Waals surface area (Å²) in [6.45, 7) is 0. The summed E-state index contributed by atoms with van der Waals surface area (Å²) in [5.74, 6) is -1.02. The molecule has 78 valence electrons. The van der Waals surface area contributed by atoms with E-state index in [1.54, 1.807) is 12.1 Å². The monoisotopic (exact) mass is 231 g/mol. The molecule has 2 rings (SSSR count). The van der Waals surface area contributed by atoms with Crippen LogP contribution in [0.4, 0.5) is 0 Å². The Morgan fingerprint density at radius 3 is 2.81 bits per heavy atom. The Labute approximate surface area is 94.8 Å². The number of rotatable bonds is 2. The molecule has 6 heteroatoms. The molecule has 0 atom stereocenters. The van der Waals surface area contributed by atoms with Gasteiger partial charge in [-0.25, -0.2) is 4.79 Å². The van der Waals surface area contributed by atoms with Gasteiger partial charge in [0.15, 0.2) is 0 Å². The van der Waals surface area contributed by atoms with Gasteiger partial charge >= 0.3 is 5.97 Å². The van der Waals surface area contributed by atoms with E-state index in [4.69, 9.17) is 10.4 Å². The van der Waals surface area contributed by atoms with Crippen molar-refractivity contribution in [3.05, 3.63) is 35.0 Å². The molecule has 0 aliphatic rings. The normalized spacial score (nSPS) is 9.69. The lowest BCUT2D eigenvalue weighted by Crippen LogP contribution is -1.95. The van der Waals surface area contributed by atoms with E-state index in [1.165, 1.54) is 12.4 Å². The third-order valence-electron chi connectivity index (χ3n) is 1.93. The Bertz CT molecular complexity index is 568. The number of hydrogen-bond donors (Lipinski definition) is 1. The third-order valence-corrected chi connectivity index (χ3v) is 2.72. The summed E-state index contributed by atoms with van der Waals surface area (Å²) in [5.41, 5.74) is 1.41. The maximum absolute atomic E-state index is 10.9. The lowest BCUT2D eigenvalue weighted by molar-refractivity contribution is 0.0703. The van der Waals surface area contributed by atoms with Crippen LogP contribution in [0.1, 0.15) is 15.2 Å². The summed E-state index contributed by atoms with van der Waals surface area (Å²) in [6, 6.07) is 5.14. The molecule has 0 unspecified atom stereocenters. The predicted octanol–water partition coefficient (Wildman–Crippen LogP) is 1.77. The van der Waals surface area contributed by atoms with Gasteiger partial charge in [-0.15, -0.1) is 0 Å². The van der Waals surface area contributed by atoms with Crippen LogP contribution in [0.2, 0.25) is 0 Å². The molecule has 16 heavy (non-hydrogen) atoms. The fourth-order valence-electron chi connectivity index (χ4n) is 1.20. The van der Waals surface area contributed by atoms with Crippen LogP contribution in [0.3, 0.4) is 0 Å². The van der Waals surface area contributed by atoms with E-state index in [0.717, 1.165) is 11.5 Å². The molecule has 0 saturated heterocycles. The van der Waals surface area contributed by atoms with Crippen LogP contribution in [-0.2, 0) is 0 Å². The molecular formula is C10H5N3O2S. The van der Waals surface area contributed by atoms with E-state index >= 15 is 0 Å². The number of aromatic nitrogens is 2. The maximum atomic E-state index is 10.9. The molecule has 2 aromatic rings. The van der Waals surface area contributed by atoms with E-state index in [2.05, 4.69) is 9.36 Å². The van der Waals surface area contributed by atoms with Crippen molar-refractivity contribution in [1.29, 1.82) is 5.26 Å². The first-order chi connectivity index (χ1) is 7.72. The maximum Gasteiger partial charge on any atom is 0.348 e. The lowest BCUT2D eigenvalue weighted by Gasteiger charge is -1.97. The highest BCUT2D eigenvalue weighted by atomic mass is 32.1.